The molecule has 10 nitrogen and oxygen atoms in total. The predicted molar refractivity (Wildman–Crippen MR) is 129 cm³/mol. The number of nitrogens with zero attached hydrogens (tertiary/aromatic N) is 2. The SMILES string of the molecule is COc1ccc(N[C@H](c2ccc([N+](=O)[O-])cc2)[C@H]2OC(C)(C)N(C(=O)OC(C)(C)C)CC2=O)cc1. The molecular formula is C25H31N3O7. The summed E-state index contributed by atoms with van der Waals surface area (Å²) in [5, 5.41) is 14.4. The van der Waals surface area contributed by atoms with Crippen LogP contribution < -0.4 is 10.1 Å². The third kappa shape index (κ3) is 6.27. The first-order valence-electron chi connectivity index (χ1n) is 11.2. The fraction of sp³-hybridized carbons (Fsp3) is 0.440. The summed E-state index contributed by atoms with van der Waals surface area (Å²) in [6.45, 7) is 8.41. The number of hydrogen-bond acceptors (Lipinski definition) is 8. The zero-order chi connectivity index (χ0) is 26.0. The van der Waals surface area contributed by atoms with E-state index in [4.69, 9.17) is 14.2 Å². The first-order valence-corrected chi connectivity index (χ1v) is 11.2. The summed E-state index contributed by atoms with van der Waals surface area (Å²) in [7, 11) is 1.56. The number of ether oxygens (including phenoxy) is 3. The van der Waals surface area contributed by atoms with Crippen LogP contribution in [-0.2, 0) is 14.3 Å². The largest absolute Gasteiger partial charge is 0.497 e. The maximum absolute atomic E-state index is 13.3. The van der Waals surface area contributed by atoms with Crippen molar-refractivity contribution >= 4 is 23.3 Å². The number of anilines is 1. The molecule has 3 rings (SSSR count). The number of carbonyl (C=O) groups is 2. The van der Waals surface area contributed by atoms with Crippen molar-refractivity contribution < 1.29 is 28.7 Å². The Morgan fingerprint density at radius 2 is 1.77 bits per heavy atom. The van der Waals surface area contributed by atoms with Crippen molar-refractivity contribution in [1.29, 1.82) is 0 Å². The van der Waals surface area contributed by atoms with Crippen LogP contribution in [0.15, 0.2) is 48.5 Å². The van der Waals surface area contributed by atoms with Gasteiger partial charge in [-0.15, -0.1) is 0 Å². The summed E-state index contributed by atoms with van der Waals surface area (Å²) in [5.74, 6) is 0.334. The van der Waals surface area contributed by atoms with Gasteiger partial charge in [-0.05, 0) is 64.4 Å². The molecule has 35 heavy (non-hydrogen) atoms. The zero-order valence-corrected chi connectivity index (χ0v) is 20.7. The summed E-state index contributed by atoms with van der Waals surface area (Å²) in [6.07, 6.45) is -1.63. The summed E-state index contributed by atoms with van der Waals surface area (Å²) >= 11 is 0. The summed E-state index contributed by atoms with van der Waals surface area (Å²) in [5.41, 5.74) is -0.639. The van der Waals surface area contributed by atoms with E-state index in [-0.39, 0.29) is 18.0 Å². The smallest absolute Gasteiger partial charge is 0.412 e. The molecular weight excluding hydrogens is 454 g/mol. The van der Waals surface area contributed by atoms with E-state index in [2.05, 4.69) is 5.32 Å². The van der Waals surface area contributed by atoms with E-state index in [0.29, 0.717) is 17.0 Å². The minimum atomic E-state index is -1.15. The maximum Gasteiger partial charge on any atom is 0.412 e. The van der Waals surface area contributed by atoms with Crippen molar-refractivity contribution in [3.8, 4) is 5.75 Å². The van der Waals surface area contributed by atoms with Crippen LogP contribution in [0.25, 0.3) is 0 Å². The highest BCUT2D eigenvalue weighted by molar-refractivity contribution is 5.90. The molecule has 0 saturated carbocycles. The lowest BCUT2D eigenvalue weighted by molar-refractivity contribution is -0.384. The van der Waals surface area contributed by atoms with Crippen LogP contribution in [0.2, 0.25) is 0 Å². The number of methoxy groups -OCH3 is 1. The molecule has 1 saturated heterocycles. The number of nitrogens with one attached hydrogen (secondary N) is 1. The van der Waals surface area contributed by atoms with Gasteiger partial charge in [0.15, 0.2) is 5.78 Å². The van der Waals surface area contributed by atoms with Crippen molar-refractivity contribution in [2.75, 3.05) is 19.0 Å². The molecule has 0 radical (unpaired) electrons. The molecule has 1 N–H and O–H groups in total. The van der Waals surface area contributed by atoms with E-state index in [1.807, 2.05) is 0 Å². The van der Waals surface area contributed by atoms with Gasteiger partial charge in [0.1, 0.15) is 23.2 Å². The third-order valence-electron chi connectivity index (χ3n) is 5.49. The van der Waals surface area contributed by atoms with Gasteiger partial charge in [-0.2, -0.15) is 0 Å². The number of ketones is 1. The molecule has 2 aromatic rings. The lowest BCUT2D eigenvalue weighted by Crippen LogP contribution is -2.62. The monoisotopic (exact) mass is 485 g/mol. The number of amides is 1. The highest BCUT2D eigenvalue weighted by atomic mass is 16.6. The topological polar surface area (TPSA) is 120 Å². The number of hydrogen-bond donors (Lipinski definition) is 1. The fourth-order valence-electron chi connectivity index (χ4n) is 3.74. The first-order chi connectivity index (χ1) is 16.3. The highest BCUT2D eigenvalue weighted by Gasteiger charge is 2.47. The molecule has 1 aliphatic heterocycles. The second kappa shape index (κ2) is 9.91. The molecule has 0 unspecified atom stereocenters. The number of nitro benzene ring substituents is 1. The van der Waals surface area contributed by atoms with Crippen LogP contribution >= 0.6 is 0 Å². The lowest BCUT2D eigenvalue weighted by atomic mass is 9.94. The normalized spacial score (nSPS) is 18.5. The van der Waals surface area contributed by atoms with Gasteiger partial charge in [-0.25, -0.2) is 4.79 Å². The standard InChI is InChI=1S/C25H31N3O7/c1-24(2,3)35-23(30)27-15-20(29)22(34-25(27,4)5)21(16-7-11-18(12-8-16)28(31)32)26-17-9-13-19(33-6)14-10-17/h7-14,21-22,26H,15H2,1-6H3/t21-,22+/m1/s1. The second-order valence-corrected chi connectivity index (χ2v) is 9.72. The Labute approximate surface area is 204 Å². The van der Waals surface area contributed by atoms with E-state index in [1.165, 1.54) is 17.0 Å². The highest BCUT2D eigenvalue weighted by Crippen LogP contribution is 2.35. The number of carbonyl (C=O) groups excluding carboxylic acids is 2. The zero-order valence-electron chi connectivity index (χ0n) is 20.7. The molecule has 0 bridgehead atoms. The van der Waals surface area contributed by atoms with Crippen molar-refractivity contribution in [3.05, 3.63) is 64.2 Å². The van der Waals surface area contributed by atoms with E-state index in [9.17, 15) is 19.7 Å². The molecule has 2 aromatic carbocycles. The molecule has 0 aliphatic carbocycles. The minimum absolute atomic E-state index is 0.0655. The van der Waals surface area contributed by atoms with Gasteiger partial charge in [0, 0.05) is 17.8 Å². The average Bonchev–Trinajstić information content (AvgIpc) is 2.78. The maximum atomic E-state index is 13.3. The van der Waals surface area contributed by atoms with Gasteiger partial charge >= 0.3 is 6.09 Å². The summed E-state index contributed by atoms with van der Waals surface area (Å²) in [6, 6.07) is 12.4. The van der Waals surface area contributed by atoms with Crippen molar-refractivity contribution in [1.82, 2.24) is 4.90 Å². The van der Waals surface area contributed by atoms with Gasteiger partial charge < -0.3 is 19.5 Å². The molecule has 1 heterocycles. The average molecular weight is 486 g/mol. The Kier molecular flexibility index (Phi) is 7.35. The number of Topliss-reactive ketones (excluding diaryl/α,β-unsaturated/α-hetero) is 1. The Morgan fingerprint density at radius 3 is 2.29 bits per heavy atom. The van der Waals surface area contributed by atoms with E-state index < -0.39 is 34.5 Å². The van der Waals surface area contributed by atoms with Crippen molar-refractivity contribution in [2.24, 2.45) is 0 Å². The first kappa shape index (κ1) is 26.0. The molecule has 1 fully saturated rings. The molecule has 188 valence electrons. The molecule has 1 amide bonds. The summed E-state index contributed by atoms with van der Waals surface area (Å²) < 4.78 is 16.9. The second-order valence-electron chi connectivity index (χ2n) is 9.72. The van der Waals surface area contributed by atoms with Crippen LogP contribution in [0.3, 0.4) is 0 Å². The molecule has 1 aliphatic rings. The predicted octanol–water partition coefficient (Wildman–Crippen LogP) is 4.70. The Balaban J connectivity index is 1.93. The Morgan fingerprint density at radius 1 is 1.17 bits per heavy atom. The third-order valence-corrected chi connectivity index (χ3v) is 5.49. The van der Waals surface area contributed by atoms with Gasteiger partial charge in [0.05, 0.1) is 24.6 Å². The van der Waals surface area contributed by atoms with Crippen LogP contribution in [-0.4, -0.2) is 52.8 Å². The molecule has 0 aromatic heterocycles. The lowest BCUT2D eigenvalue weighted by Gasteiger charge is -2.46. The number of non-ortho nitro benzene ring substituents is 1. The molecule has 2 atom stereocenters. The quantitative estimate of drug-likeness (QED) is 0.462. The van der Waals surface area contributed by atoms with Crippen molar-refractivity contribution in [2.45, 2.75) is 58.1 Å². The van der Waals surface area contributed by atoms with Crippen molar-refractivity contribution in [3.63, 3.8) is 0 Å². The Hall–Kier alpha value is -3.66. The van der Waals surface area contributed by atoms with Gasteiger partial charge in [0.25, 0.3) is 5.69 Å². The van der Waals surface area contributed by atoms with Crippen LogP contribution in [0.4, 0.5) is 16.2 Å². The fourth-order valence-corrected chi connectivity index (χ4v) is 3.74. The number of nitro groups is 1. The van der Waals surface area contributed by atoms with Crippen LogP contribution in [0.1, 0.15) is 46.2 Å². The van der Waals surface area contributed by atoms with Crippen LogP contribution in [0, 0.1) is 10.1 Å². The molecule has 0 spiro atoms. The van der Waals surface area contributed by atoms with Crippen LogP contribution in [0.5, 0.6) is 5.75 Å². The van der Waals surface area contributed by atoms with E-state index in [1.54, 1.807) is 78.1 Å². The number of benzene rings is 2. The summed E-state index contributed by atoms with van der Waals surface area (Å²) in [4.78, 5) is 38.0. The van der Waals surface area contributed by atoms with Gasteiger partial charge in [0.2, 0.25) is 0 Å². The minimum Gasteiger partial charge on any atom is -0.497 e. The van der Waals surface area contributed by atoms with E-state index >= 15 is 0 Å². The van der Waals surface area contributed by atoms with Gasteiger partial charge in [-0.1, -0.05) is 12.1 Å². The Bertz CT molecular complexity index is 1080. The molecule has 10 heteroatoms. The number of rotatable bonds is 6. The van der Waals surface area contributed by atoms with Gasteiger partial charge in [-0.3, -0.25) is 19.8 Å². The van der Waals surface area contributed by atoms with E-state index in [0.717, 1.165) is 0 Å².